The zero-order chi connectivity index (χ0) is 26.8. The summed E-state index contributed by atoms with van der Waals surface area (Å²) in [4.78, 5) is 26.4. The largest absolute Gasteiger partial charge is 0.372 e. The molecule has 9 heteroatoms. The normalized spacial score (nSPS) is 21.1. The summed E-state index contributed by atoms with van der Waals surface area (Å²) in [5, 5.41) is 14.5. The predicted octanol–water partition coefficient (Wildman–Crippen LogP) is 3.89. The monoisotopic (exact) mass is 523 g/mol. The molecule has 4 fully saturated rings. The van der Waals surface area contributed by atoms with E-state index < -0.39 is 0 Å². The SMILES string of the molecule is Cc1cnc(Nc2ccc(N3CCC(N4CC5CC(C4)O5)CC3)cc2)nc1-c1ccc(C(=O)NCC#N)cc1. The van der Waals surface area contributed by atoms with Gasteiger partial charge >= 0.3 is 0 Å². The van der Waals surface area contributed by atoms with Crippen LogP contribution in [0.5, 0.6) is 0 Å². The molecule has 4 aliphatic heterocycles. The van der Waals surface area contributed by atoms with Crippen molar-refractivity contribution < 1.29 is 9.53 Å². The highest BCUT2D eigenvalue weighted by Crippen LogP contribution is 2.32. The van der Waals surface area contributed by atoms with Gasteiger partial charge in [0.2, 0.25) is 5.95 Å². The molecule has 2 N–H and O–H groups in total. The van der Waals surface area contributed by atoms with Crippen molar-refractivity contribution >= 4 is 23.2 Å². The van der Waals surface area contributed by atoms with Gasteiger partial charge in [-0.1, -0.05) is 12.1 Å². The third-order valence-electron chi connectivity index (χ3n) is 7.98. The summed E-state index contributed by atoms with van der Waals surface area (Å²) in [5.41, 5.74) is 5.31. The number of aryl methyl sites for hydroxylation is 1. The number of rotatable bonds is 7. The summed E-state index contributed by atoms with van der Waals surface area (Å²) in [6.45, 7) is 6.31. The van der Waals surface area contributed by atoms with Crippen LogP contribution in [0.1, 0.15) is 35.2 Å². The number of ether oxygens (including phenoxy) is 1. The number of amides is 1. The Bertz CT molecular complexity index is 1350. The van der Waals surface area contributed by atoms with Crippen molar-refractivity contribution in [2.45, 2.75) is 44.4 Å². The van der Waals surface area contributed by atoms with E-state index in [2.05, 4.69) is 49.7 Å². The first-order valence-corrected chi connectivity index (χ1v) is 13.7. The zero-order valence-corrected chi connectivity index (χ0v) is 22.1. The van der Waals surface area contributed by atoms with Crippen molar-refractivity contribution in [3.63, 3.8) is 0 Å². The highest BCUT2D eigenvalue weighted by atomic mass is 16.5. The number of carbonyl (C=O) groups is 1. The quantitative estimate of drug-likeness (QED) is 0.450. The van der Waals surface area contributed by atoms with Gasteiger partial charge in [0, 0.05) is 67.3 Å². The summed E-state index contributed by atoms with van der Waals surface area (Å²) in [6, 6.07) is 18.3. The first-order valence-electron chi connectivity index (χ1n) is 13.7. The van der Waals surface area contributed by atoms with Crippen LogP contribution in [-0.2, 0) is 4.74 Å². The molecular weight excluding hydrogens is 490 g/mol. The van der Waals surface area contributed by atoms with Gasteiger partial charge in [0.1, 0.15) is 6.54 Å². The van der Waals surface area contributed by atoms with Crippen LogP contribution in [-0.4, -0.2) is 71.7 Å². The fourth-order valence-electron chi connectivity index (χ4n) is 5.85. The average Bonchev–Trinajstić information content (AvgIpc) is 2.97. The van der Waals surface area contributed by atoms with Crippen molar-refractivity contribution in [1.29, 1.82) is 5.26 Å². The minimum atomic E-state index is -0.272. The minimum absolute atomic E-state index is 0.0181. The van der Waals surface area contributed by atoms with Crippen LogP contribution in [0, 0.1) is 18.3 Å². The van der Waals surface area contributed by atoms with E-state index in [9.17, 15) is 4.79 Å². The molecule has 39 heavy (non-hydrogen) atoms. The standard InChI is InChI=1S/C30H33N7O2/c1-20-17-33-30(35-28(20)21-2-4-22(5-3-21)29(38)32-13-12-31)34-23-6-8-24(9-7-23)36-14-10-25(11-15-36)37-18-26-16-27(19-37)39-26/h2-9,17,25-27H,10-11,13-16,18-19H2,1H3,(H,32,38)(H,33,34,35). The molecule has 1 amide bonds. The lowest BCUT2D eigenvalue weighted by Crippen LogP contribution is -2.61. The number of nitrogens with zero attached hydrogens (tertiary/aromatic N) is 5. The number of anilines is 3. The van der Waals surface area contributed by atoms with E-state index in [0.29, 0.717) is 29.8 Å². The van der Waals surface area contributed by atoms with Gasteiger partial charge in [-0.15, -0.1) is 0 Å². The second-order valence-electron chi connectivity index (χ2n) is 10.6. The number of piperidine rings is 2. The fraction of sp³-hybridized carbons (Fsp3) is 0.400. The Morgan fingerprint density at radius 3 is 2.44 bits per heavy atom. The number of fused-ring (bicyclic) bond motifs is 2. The number of hydrogen-bond acceptors (Lipinski definition) is 8. The van der Waals surface area contributed by atoms with E-state index in [0.717, 1.165) is 48.7 Å². The molecule has 5 heterocycles. The number of hydrogen-bond donors (Lipinski definition) is 2. The summed E-state index contributed by atoms with van der Waals surface area (Å²) in [6.07, 6.45) is 6.41. The van der Waals surface area contributed by atoms with Gasteiger partial charge < -0.3 is 20.3 Å². The molecule has 7 rings (SSSR count). The van der Waals surface area contributed by atoms with Crippen LogP contribution in [0.2, 0.25) is 0 Å². The van der Waals surface area contributed by atoms with E-state index in [4.69, 9.17) is 15.0 Å². The summed E-state index contributed by atoms with van der Waals surface area (Å²) < 4.78 is 5.81. The van der Waals surface area contributed by atoms with Gasteiger partial charge in [-0.2, -0.15) is 5.26 Å². The Hall–Kier alpha value is -4.00. The first-order chi connectivity index (χ1) is 19.1. The molecule has 2 aromatic carbocycles. The number of aromatic nitrogens is 2. The summed E-state index contributed by atoms with van der Waals surface area (Å²) in [7, 11) is 0. The van der Waals surface area contributed by atoms with Crippen molar-refractivity contribution in [3.05, 3.63) is 65.9 Å². The van der Waals surface area contributed by atoms with E-state index in [-0.39, 0.29) is 12.5 Å². The lowest BCUT2D eigenvalue weighted by molar-refractivity contribution is -0.189. The molecule has 4 aliphatic rings. The van der Waals surface area contributed by atoms with Gasteiger partial charge in [0.15, 0.2) is 0 Å². The smallest absolute Gasteiger partial charge is 0.252 e. The van der Waals surface area contributed by atoms with Crippen LogP contribution in [0.4, 0.5) is 17.3 Å². The molecule has 200 valence electrons. The van der Waals surface area contributed by atoms with E-state index in [1.807, 2.05) is 25.1 Å². The third-order valence-corrected chi connectivity index (χ3v) is 7.98. The van der Waals surface area contributed by atoms with Crippen LogP contribution >= 0.6 is 0 Å². The van der Waals surface area contributed by atoms with Crippen LogP contribution in [0.25, 0.3) is 11.3 Å². The third kappa shape index (κ3) is 5.58. The number of morpholine rings is 1. The maximum Gasteiger partial charge on any atom is 0.252 e. The second kappa shape index (κ2) is 11.0. The first kappa shape index (κ1) is 25.3. The van der Waals surface area contributed by atoms with E-state index in [1.54, 1.807) is 18.3 Å². The number of nitriles is 1. The summed E-state index contributed by atoms with van der Waals surface area (Å²) >= 11 is 0. The van der Waals surface area contributed by atoms with Crippen molar-refractivity contribution in [1.82, 2.24) is 20.2 Å². The Kier molecular flexibility index (Phi) is 7.14. The molecule has 9 nitrogen and oxygen atoms in total. The van der Waals surface area contributed by atoms with Crippen LogP contribution < -0.4 is 15.5 Å². The molecule has 0 spiro atoms. The number of carbonyl (C=O) groups excluding carboxylic acids is 1. The van der Waals surface area contributed by atoms with Gasteiger partial charge in [-0.25, -0.2) is 9.97 Å². The van der Waals surface area contributed by atoms with E-state index in [1.165, 1.54) is 24.9 Å². The second-order valence-corrected chi connectivity index (χ2v) is 10.6. The minimum Gasteiger partial charge on any atom is -0.372 e. The Morgan fingerprint density at radius 2 is 1.77 bits per heavy atom. The Balaban J connectivity index is 1.06. The Labute approximate surface area is 228 Å². The predicted molar refractivity (Wildman–Crippen MR) is 150 cm³/mol. The van der Waals surface area contributed by atoms with E-state index >= 15 is 0 Å². The Morgan fingerprint density at radius 1 is 1.08 bits per heavy atom. The maximum absolute atomic E-state index is 12.1. The molecule has 2 atom stereocenters. The average molecular weight is 524 g/mol. The zero-order valence-electron chi connectivity index (χ0n) is 22.1. The molecule has 4 saturated heterocycles. The van der Waals surface area contributed by atoms with Crippen molar-refractivity contribution in [2.75, 3.05) is 42.9 Å². The molecule has 3 aromatic rings. The van der Waals surface area contributed by atoms with Crippen LogP contribution in [0.3, 0.4) is 0 Å². The van der Waals surface area contributed by atoms with Gasteiger partial charge in [-0.05, 0) is 61.7 Å². The van der Waals surface area contributed by atoms with Crippen molar-refractivity contribution in [2.24, 2.45) is 0 Å². The van der Waals surface area contributed by atoms with Gasteiger partial charge in [0.25, 0.3) is 5.91 Å². The molecule has 2 unspecified atom stereocenters. The van der Waals surface area contributed by atoms with Gasteiger partial charge in [-0.3, -0.25) is 9.69 Å². The summed E-state index contributed by atoms with van der Waals surface area (Å²) in [5.74, 6) is 0.245. The highest BCUT2D eigenvalue weighted by molar-refractivity contribution is 5.94. The van der Waals surface area contributed by atoms with Crippen molar-refractivity contribution in [3.8, 4) is 17.3 Å². The molecule has 0 aliphatic carbocycles. The molecule has 0 saturated carbocycles. The number of nitrogens with one attached hydrogen (secondary N) is 2. The fourth-order valence-corrected chi connectivity index (χ4v) is 5.85. The molecule has 2 bridgehead atoms. The lowest BCUT2D eigenvalue weighted by atomic mass is 9.94. The van der Waals surface area contributed by atoms with Gasteiger partial charge in [0.05, 0.1) is 24.0 Å². The highest BCUT2D eigenvalue weighted by Gasteiger charge is 2.41. The number of benzene rings is 2. The molecule has 0 radical (unpaired) electrons. The lowest BCUT2D eigenvalue weighted by Gasteiger charge is -2.51. The molecule has 1 aromatic heterocycles. The topological polar surface area (TPSA) is 106 Å². The maximum atomic E-state index is 12.1. The molecular formula is C30H33N7O2. The van der Waals surface area contributed by atoms with Crippen LogP contribution in [0.15, 0.2) is 54.7 Å².